The van der Waals surface area contributed by atoms with Crippen LogP contribution in [0.25, 0.3) is 6.08 Å². The summed E-state index contributed by atoms with van der Waals surface area (Å²) >= 11 is 0. The summed E-state index contributed by atoms with van der Waals surface area (Å²) in [5.74, 6) is -0.704. The summed E-state index contributed by atoms with van der Waals surface area (Å²) in [4.78, 5) is 12.4. The Hall–Kier alpha value is -3.35. The van der Waals surface area contributed by atoms with Crippen LogP contribution in [0.4, 0.5) is 0 Å². The number of nitriles is 2. The number of aryl methyl sites for hydroxylation is 1. The Morgan fingerprint density at radius 1 is 1.34 bits per heavy atom. The summed E-state index contributed by atoms with van der Waals surface area (Å²) in [6.45, 7) is 5.48. The van der Waals surface area contributed by atoms with Gasteiger partial charge < -0.3 is 14.0 Å². The SMILES string of the molecule is Cc1cc(/C=C(\C#N)C(=O)OCc2ccccc2C#N)c(C)n1C[C@H]1CCCO1. The van der Waals surface area contributed by atoms with Gasteiger partial charge in [0.1, 0.15) is 18.2 Å². The number of nitrogens with zero attached hydrogens (tertiary/aromatic N) is 3. The van der Waals surface area contributed by atoms with Gasteiger partial charge in [0.05, 0.1) is 17.7 Å². The lowest BCUT2D eigenvalue weighted by Gasteiger charge is -2.14. The molecular formula is C23H23N3O3. The maximum Gasteiger partial charge on any atom is 0.349 e. The van der Waals surface area contributed by atoms with Crippen molar-refractivity contribution in [2.45, 2.75) is 45.9 Å². The first-order valence-electron chi connectivity index (χ1n) is 9.58. The first-order valence-corrected chi connectivity index (χ1v) is 9.58. The van der Waals surface area contributed by atoms with Gasteiger partial charge in [0.15, 0.2) is 0 Å². The number of aromatic nitrogens is 1. The number of hydrogen-bond acceptors (Lipinski definition) is 5. The maximum absolute atomic E-state index is 12.4. The molecule has 0 saturated carbocycles. The van der Waals surface area contributed by atoms with Gasteiger partial charge in [-0.1, -0.05) is 18.2 Å². The van der Waals surface area contributed by atoms with E-state index in [-0.39, 0.29) is 18.3 Å². The number of carbonyl (C=O) groups excluding carboxylic acids is 1. The molecule has 0 spiro atoms. The molecule has 6 nitrogen and oxygen atoms in total. The zero-order chi connectivity index (χ0) is 20.8. The van der Waals surface area contributed by atoms with Crippen molar-refractivity contribution in [2.75, 3.05) is 6.61 Å². The Morgan fingerprint density at radius 3 is 2.83 bits per heavy atom. The quantitative estimate of drug-likeness (QED) is 0.426. The Morgan fingerprint density at radius 2 is 2.14 bits per heavy atom. The summed E-state index contributed by atoms with van der Waals surface area (Å²) in [6.07, 6.45) is 3.89. The van der Waals surface area contributed by atoms with Gasteiger partial charge in [-0.25, -0.2) is 4.79 Å². The van der Waals surface area contributed by atoms with Crippen molar-refractivity contribution in [2.24, 2.45) is 0 Å². The molecule has 6 heteroatoms. The summed E-state index contributed by atoms with van der Waals surface area (Å²) in [7, 11) is 0. The Labute approximate surface area is 170 Å². The smallest absolute Gasteiger partial charge is 0.349 e. The molecule has 0 aliphatic carbocycles. The van der Waals surface area contributed by atoms with Gasteiger partial charge in [-0.2, -0.15) is 10.5 Å². The Kier molecular flexibility index (Phi) is 6.49. The average Bonchev–Trinajstić information content (AvgIpc) is 3.34. The minimum absolute atomic E-state index is 0.0559. The minimum atomic E-state index is -0.704. The standard InChI is InChI=1S/C23H23N3O3/c1-16-10-20(17(2)26(16)14-22-8-5-9-28-22)11-21(13-25)23(27)29-15-19-7-4-3-6-18(19)12-24/h3-4,6-7,10-11,22H,5,8-9,14-15H2,1-2H3/b21-11+/t22-/m1/s1. The summed E-state index contributed by atoms with van der Waals surface area (Å²) in [5.41, 5.74) is 3.82. The topological polar surface area (TPSA) is 88.0 Å². The zero-order valence-corrected chi connectivity index (χ0v) is 16.6. The van der Waals surface area contributed by atoms with E-state index in [9.17, 15) is 10.1 Å². The number of rotatable bonds is 6. The fourth-order valence-corrected chi connectivity index (χ4v) is 3.52. The Bertz CT molecular complexity index is 1010. The first-order chi connectivity index (χ1) is 14.0. The fourth-order valence-electron chi connectivity index (χ4n) is 3.52. The molecular weight excluding hydrogens is 366 g/mol. The number of benzene rings is 1. The highest BCUT2D eigenvalue weighted by Crippen LogP contribution is 2.22. The molecule has 1 fully saturated rings. The van der Waals surface area contributed by atoms with Crippen molar-refractivity contribution in [3.63, 3.8) is 0 Å². The van der Waals surface area contributed by atoms with Crippen molar-refractivity contribution in [1.82, 2.24) is 4.57 Å². The van der Waals surface area contributed by atoms with Crippen LogP contribution >= 0.6 is 0 Å². The first kappa shape index (κ1) is 20.4. The van der Waals surface area contributed by atoms with E-state index in [1.165, 1.54) is 0 Å². The lowest BCUT2D eigenvalue weighted by molar-refractivity contribution is -0.139. The molecule has 0 bridgehead atoms. The highest BCUT2D eigenvalue weighted by Gasteiger charge is 2.19. The Balaban J connectivity index is 1.74. The van der Waals surface area contributed by atoms with Crippen LogP contribution in [0.1, 0.15) is 40.9 Å². The van der Waals surface area contributed by atoms with E-state index in [1.54, 1.807) is 30.3 Å². The third-order valence-electron chi connectivity index (χ3n) is 5.16. The van der Waals surface area contributed by atoms with Gasteiger partial charge in [0, 0.05) is 30.1 Å². The molecule has 0 amide bonds. The van der Waals surface area contributed by atoms with Crippen LogP contribution in [0.15, 0.2) is 35.9 Å². The zero-order valence-electron chi connectivity index (χ0n) is 16.6. The van der Waals surface area contributed by atoms with Gasteiger partial charge >= 0.3 is 5.97 Å². The number of hydrogen-bond donors (Lipinski definition) is 0. The van der Waals surface area contributed by atoms with Crippen LogP contribution in [0.5, 0.6) is 0 Å². The van der Waals surface area contributed by atoms with Crippen molar-refractivity contribution in [3.05, 3.63) is 64.0 Å². The van der Waals surface area contributed by atoms with E-state index in [4.69, 9.17) is 14.7 Å². The summed E-state index contributed by atoms with van der Waals surface area (Å²) in [5, 5.41) is 18.6. The van der Waals surface area contributed by atoms with Crippen LogP contribution in [0, 0.1) is 36.5 Å². The van der Waals surface area contributed by atoms with Crippen molar-refractivity contribution < 1.29 is 14.3 Å². The number of carbonyl (C=O) groups is 1. The molecule has 0 N–H and O–H groups in total. The molecule has 2 heterocycles. The lowest BCUT2D eigenvalue weighted by atomic mass is 10.1. The highest BCUT2D eigenvalue weighted by atomic mass is 16.5. The normalized spacial score (nSPS) is 16.3. The van der Waals surface area contributed by atoms with E-state index >= 15 is 0 Å². The van der Waals surface area contributed by atoms with Crippen LogP contribution in [-0.2, 0) is 27.4 Å². The largest absolute Gasteiger partial charge is 0.457 e. The molecule has 0 radical (unpaired) electrons. The van der Waals surface area contributed by atoms with Crippen LogP contribution in [0.3, 0.4) is 0 Å². The predicted molar refractivity (Wildman–Crippen MR) is 107 cm³/mol. The van der Waals surface area contributed by atoms with E-state index in [0.29, 0.717) is 11.1 Å². The van der Waals surface area contributed by atoms with E-state index < -0.39 is 5.97 Å². The van der Waals surface area contributed by atoms with Gasteiger partial charge in [0.25, 0.3) is 0 Å². The predicted octanol–water partition coefficient (Wildman–Crippen LogP) is 3.81. The van der Waals surface area contributed by atoms with Crippen molar-refractivity contribution in [3.8, 4) is 12.1 Å². The van der Waals surface area contributed by atoms with Gasteiger partial charge in [-0.3, -0.25) is 0 Å². The molecule has 1 aliphatic rings. The molecule has 2 aromatic rings. The second-order valence-electron chi connectivity index (χ2n) is 7.09. The molecule has 3 rings (SSSR count). The molecule has 1 aromatic carbocycles. The number of ether oxygens (including phenoxy) is 2. The van der Waals surface area contributed by atoms with Crippen LogP contribution in [-0.4, -0.2) is 23.2 Å². The van der Waals surface area contributed by atoms with Gasteiger partial charge in [-0.15, -0.1) is 0 Å². The summed E-state index contributed by atoms with van der Waals surface area (Å²) in [6, 6.07) is 12.9. The molecule has 148 valence electrons. The monoisotopic (exact) mass is 389 g/mol. The van der Waals surface area contributed by atoms with Crippen molar-refractivity contribution >= 4 is 12.0 Å². The van der Waals surface area contributed by atoms with Crippen molar-refractivity contribution in [1.29, 1.82) is 10.5 Å². The highest BCUT2D eigenvalue weighted by molar-refractivity contribution is 5.98. The van der Waals surface area contributed by atoms with E-state index in [0.717, 1.165) is 42.9 Å². The molecule has 1 aromatic heterocycles. The molecule has 1 aliphatic heterocycles. The molecule has 1 saturated heterocycles. The second kappa shape index (κ2) is 9.23. The minimum Gasteiger partial charge on any atom is -0.457 e. The fraction of sp³-hybridized carbons (Fsp3) is 0.348. The molecule has 1 atom stereocenters. The van der Waals surface area contributed by atoms with Crippen LogP contribution < -0.4 is 0 Å². The van der Waals surface area contributed by atoms with Gasteiger partial charge in [0.2, 0.25) is 0 Å². The molecule has 29 heavy (non-hydrogen) atoms. The summed E-state index contributed by atoms with van der Waals surface area (Å²) < 4.78 is 13.2. The van der Waals surface area contributed by atoms with Gasteiger partial charge in [-0.05, 0) is 50.5 Å². The lowest BCUT2D eigenvalue weighted by Crippen LogP contribution is -2.16. The third-order valence-corrected chi connectivity index (χ3v) is 5.16. The van der Waals surface area contributed by atoms with Crippen LogP contribution in [0.2, 0.25) is 0 Å². The van der Waals surface area contributed by atoms with E-state index in [1.807, 2.05) is 26.0 Å². The maximum atomic E-state index is 12.4. The van der Waals surface area contributed by atoms with E-state index in [2.05, 4.69) is 10.6 Å². The second-order valence-corrected chi connectivity index (χ2v) is 7.09. The average molecular weight is 389 g/mol. The molecule has 0 unspecified atom stereocenters. The number of esters is 1. The third kappa shape index (κ3) is 4.74.